The molecule has 116 valence electrons. The molecule has 1 aromatic heterocycles. The van der Waals surface area contributed by atoms with Crippen LogP contribution in [0.3, 0.4) is 0 Å². The molecular weight excluding hydrogens is 280 g/mol. The standard InChI is InChI=1S/C16H20N4O2/c1-4-5-10-7-13(21-2)14(22-3)8-11(10)6-12-9-19-16(18)20-15(12)17/h4-5,7-9H,6H2,1-3H3,(H4,17,18,19,20)/b5-4+. The van der Waals surface area contributed by atoms with E-state index in [9.17, 15) is 0 Å². The van der Waals surface area contributed by atoms with Gasteiger partial charge < -0.3 is 20.9 Å². The van der Waals surface area contributed by atoms with E-state index in [1.165, 1.54) is 0 Å². The summed E-state index contributed by atoms with van der Waals surface area (Å²) >= 11 is 0. The van der Waals surface area contributed by atoms with Crippen LogP contribution in [0.25, 0.3) is 6.08 Å². The fourth-order valence-corrected chi connectivity index (χ4v) is 2.20. The summed E-state index contributed by atoms with van der Waals surface area (Å²) in [5.74, 6) is 1.90. The summed E-state index contributed by atoms with van der Waals surface area (Å²) in [7, 11) is 3.22. The summed E-state index contributed by atoms with van der Waals surface area (Å²) in [6.45, 7) is 1.96. The second-order valence-electron chi connectivity index (χ2n) is 4.72. The molecule has 0 bridgehead atoms. The maximum atomic E-state index is 5.91. The molecule has 1 heterocycles. The van der Waals surface area contributed by atoms with E-state index in [2.05, 4.69) is 9.97 Å². The van der Waals surface area contributed by atoms with Crippen LogP contribution in [0, 0.1) is 0 Å². The van der Waals surface area contributed by atoms with Gasteiger partial charge in [-0.15, -0.1) is 0 Å². The van der Waals surface area contributed by atoms with Crippen molar-refractivity contribution in [1.29, 1.82) is 0 Å². The summed E-state index contributed by atoms with van der Waals surface area (Å²) < 4.78 is 10.7. The molecule has 4 N–H and O–H groups in total. The lowest BCUT2D eigenvalue weighted by molar-refractivity contribution is 0.354. The third-order valence-corrected chi connectivity index (χ3v) is 3.29. The molecule has 0 spiro atoms. The third-order valence-electron chi connectivity index (χ3n) is 3.29. The number of nitrogen functional groups attached to an aromatic ring is 2. The van der Waals surface area contributed by atoms with Crippen LogP contribution in [-0.4, -0.2) is 24.2 Å². The van der Waals surface area contributed by atoms with Gasteiger partial charge in [-0.05, 0) is 30.2 Å². The highest BCUT2D eigenvalue weighted by atomic mass is 16.5. The normalized spacial score (nSPS) is 10.9. The Morgan fingerprint density at radius 2 is 1.77 bits per heavy atom. The van der Waals surface area contributed by atoms with Crippen molar-refractivity contribution in [3.05, 3.63) is 41.1 Å². The van der Waals surface area contributed by atoms with Crippen molar-refractivity contribution in [2.45, 2.75) is 13.3 Å². The average molecular weight is 300 g/mol. The Morgan fingerprint density at radius 1 is 1.09 bits per heavy atom. The van der Waals surface area contributed by atoms with Gasteiger partial charge >= 0.3 is 0 Å². The molecule has 0 saturated carbocycles. The molecule has 6 nitrogen and oxygen atoms in total. The molecule has 0 aliphatic heterocycles. The van der Waals surface area contributed by atoms with E-state index in [0.717, 1.165) is 16.7 Å². The second-order valence-corrected chi connectivity index (χ2v) is 4.72. The van der Waals surface area contributed by atoms with Gasteiger partial charge in [0.05, 0.1) is 14.2 Å². The van der Waals surface area contributed by atoms with E-state index in [1.807, 2.05) is 31.2 Å². The zero-order chi connectivity index (χ0) is 16.1. The zero-order valence-corrected chi connectivity index (χ0v) is 13.0. The fourth-order valence-electron chi connectivity index (χ4n) is 2.20. The number of anilines is 2. The first kappa shape index (κ1) is 15.6. The van der Waals surface area contributed by atoms with Gasteiger partial charge in [0, 0.05) is 18.2 Å². The topological polar surface area (TPSA) is 96.3 Å². The highest BCUT2D eigenvalue weighted by molar-refractivity contribution is 5.61. The molecule has 1 aromatic carbocycles. The van der Waals surface area contributed by atoms with Gasteiger partial charge in [0.2, 0.25) is 5.95 Å². The number of allylic oxidation sites excluding steroid dienone is 1. The van der Waals surface area contributed by atoms with Crippen molar-refractivity contribution in [3.8, 4) is 11.5 Å². The van der Waals surface area contributed by atoms with Crippen molar-refractivity contribution in [2.24, 2.45) is 0 Å². The Kier molecular flexibility index (Phi) is 4.83. The number of benzene rings is 1. The van der Waals surface area contributed by atoms with Crippen LogP contribution in [-0.2, 0) is 6.42 Å². The number of nitrogens with two attached hydrogens (primary N) is 2. The molecule has 0 atom stereocenters. The number of aromatic nitrogens is 2. The van der Waals surface area contributed by atoms with Crippen molar-refractivity contribution in [3.63, 3.8) is 0 Å². The van der Waals surface area contributed by atoms with Crippen LogP contribution in [0.2, 0.25) is 0 Å². The minimum atomic E-state index is 0.169. The summed E-state index contributed by atoms with van der Waals surface area (Å²) in [6, 6.07) is 3.87. The Morgan fingerprint density at radius 3 is 2.36 bits per heavy atom. The minimum Gasteiger partial charge on any atom is -0.493 e. The Hall–Kier alpha value is -2.76. The molecule has 0 amide bonds. The number of methoxy groups -OCH3 is 2. The fraction of sp³-hybridized carbons (Fsp3) is 0.250. The summed E-state index contributed by atoms with van der Waals surface area (Å²) in [5.41, 5.74) is 14.3. The first-order chi connectivity index (χ1) is 10.6. The molecule has 0 aliphatic rings. The van der Waals surface area contributed by atoms with Crippen LogP contribution in [0.4, 0.5) is 11.8 Å². The quantitative estimate of drug-likeness (QED) is 0.879. The number of ether oxygens (including phenoxy) is 2. The molecule has 0 radical (unpaired) electrons. The van der Waals surface area contributed by atoms with Crippen LogP contribution in [0.5, 0.6) is 11.5 Å². The third kappa shape index (κ3) is 3.28. The van der Waals surface area contributed by atoms with Gasteiger partial charge in [-0.2, -0.15) is 4.98 Å². The Labute approximate surface area is 129 Å². The first-order valence-electron chi connectivity index (χ1n) is 6.83. The van der Waals surface area contributed by atoms with Crippen LogP contribution in [0.15, 0.2) is 24.4 Å². The molecule has 2 rings (SSSR count). The lowest BCUT2D eigenvalue weighted by Gasteiger charge is -2.14. The number of hydrogen-bond acceptors (Lipinski definition) is 6. The molecule has 22 heavy (non-hydrogen) atoms. The van der Waals surface area contributed by atoms with Gasteiger partial charge in [-0.3, -0.25) is 0 Å². The zero-order valence-electron chi connectivity index (χ0n) is 13.0. The maximum Gasteiger partial charge on any atom is 0.221 e. The van der Waals surface area contributed by atoms with Crippen LogP contribution < -0.4 is 20.9 Å². The van der Waals surface area contributed by atoms with Crippen LogP contribution >= 0.6 is 0 Å². The van der Waals surface area contributed by atoms with E-state index in [4.69, 9.17) is 20.9 Å². The van der Waals surface area contributed by atoms with E-state index in [1.54, 1.807) is 20.4 Å². The van der Waals surface area contributed by atoms with Gasteiger partial charge in [-0.25, -0.2) is 4.98 Å². The summed E-state index contributed by atoms with van der Waals surface area (Å²) in [6.07, 6.45) is 6.19. The van der Waals surface area contributed by atoms with Crippen molar-refractivity contribution < 1.29 is 9.47 Å². The van der Waals surface area contributed by atoms with Gasteiger partial charge in [-0.1, -0.05) is 12.2 Å². The predicted octanol–water partition coefficient (Wildman–Crippen LogP) is 2.28. The average Bonchev–Trinajstić information content (AvgIpc) is 2.51. The van der Waals surface area contributed by atoms with E-state index >= 15 is 0 Å². The Bertz CT molecular complexity index is 699. The van der Waals surface area contributed by atoms with Crippen molar-refractivity contribution >= 4 is 17.8 Å². The maximum absolute atomic E-state index is 5.91. The monoisotopic (exact) mass is 300 g/mol. The van der Waals surface area contributed by atoms with Crippen molar-refractivity contribution in [1.82, 2.24) is 9.97 Å². The van der Waals surface area contributed by atoms with Crippen molar-refractivity contribution in [2.75, 3.05) is 25.7 Å². The van der Waals surface area contributed by atoms with Gasteiger partial charge in [0.15, 0.2) is 11.5 Å². The number of nitrogens with zero attached hydrogens (tertiary/aromatic N) is 2. The lowest BCUT2D eigenvalue weighted by Crippen LogP contribution is -2.05. The predicted molar refractivity (Wildman–Crippen MR) is 87.9 cm³/mol. The molecule has 0 saturated heterocycles. The van der Waals surface area contributed by atoms with E-state index in [0.29, 0.717) is 23.7 Å². The number of hydrogen-bond donors (Lipinski definition) is 2. The molecule has 0 unspecified atom stereocenters. The largest absolute Gasteiger partial charge is 0.493 e. The lowest BCUT2D eigenvalue weighted by atomic mass is 9.99. The SMILES string of the molecule is C/C=C/c1cc(OC)c(OC)cc1Cc1cnc(N)nc1N. The highest BCUT2D eigenvalue weighted by Gasteiger charge is 2.12. The molecular formula is C16H20N4O2. The highest BCUT2D eigenvalue weighted by Crippen LogP contribution is 2.32. The molecule has 0 aliphatic carbocycles. The molecule has 2 aromatic rings. The minimum absolute atomic E-state index is 0.169. The second kappa shape index (κ2) is 6.80. The summed E-state index contributed by atoms with van der Waals surface area (Å²) in [5, 5.41) is 0. The molecule has 6 heteroatoms. The first-order valence-corrected chi connectivity index (χ1v) is 6.83. The van der Waals surface area contributed by atoms with E-state index in [-0.39, 0.29) is 5.95 Å². The number of rotatable bonds is 5. The smallest absolute Gasteiger partial charge is 0.221 e. The van der Waals surface area contributed by atoms with E-state index < -0.39 is 0 Å². The van der Waals surface area contributed by atoms with Crippen LogP contribution in [0.1, 0.15) is 23.6 Å². The summed E-state index contributed by atoms with van der Waals surface area (Å²) in [4.78, 5) is 7.99. The van der Waals surface area contributed by atoms with Gasteiger partial charge in [0.25, 0.3) is 0 Å². The molecule has 0 fully saturated rings. The Balaban J connectivity index is 2.48. The van der Waals surface area contributed by atoms with Gasteiger partial charge in [0.1, 0.15) is 5.82 Å².